The van der Waals surface area contributed by atoms with Gasteiger partial charge in [0.15, 0.2) is 0 Å². The maximum atomic E-state index is 4.77. The number of nitrogens with zero attached hydrogens (tertiary/aromatic N) is 3. The van der Waals surface area contributed by atoms with Crippen molar-refractivity contribution in [3.63, 3.8) is 0 Å². The smallest absolute Gasteiger partial charge is 0.225 e. The molecule has 1 N–H and O–H groups in total. The lowest BCUT2D eigenvalue weighted by Gasteiger charge is -2.33. The van der Waals surface area contributed by atoms with Gasteiger partial charge in [-0.15, -0.1) is 0 Å². The van der Waals surface area contributed by atoms with Crippen molar-refractivity contribution in [1.29, 1.82) is 0 Å². The van der Waals surface area contributed by atoms with Crippen LogP contribution < -0.4 is 10.2 Å². The maximum Gasteiger partial charge on any atom is 0.225 e. The molecule has 4 nitrogen and oxygen atoms in total. The Kier molecular flexibility index (Phi) is 3.24. The first-order chi connectivity index (χ1) is 9.62. The van der Waals surface area contributed by atoms with Crippen LogP contribution in [0.2, 0.25) is 0 Å². The number of aromatic nitrogens is 2. The van der Waals surface area contributed by atoms with Crippen molar-refractivity contribution in [2.24, 2.45) is 0 Å². The molecule has 2 aromatic rings. The van der Waals surface area contributed by atoms with E-state index in [0.717, 1.165) is 35.8 Å². The normalized spacial score (nSPS) is 17.6. The van der Waals surface area contributed by atoms with Crippen molar-refractivity contribution >= 4 is 22.7 Å². The molecule has 2 heterocycles. The Morgan fingerprint density at radius 2 is 2.05 bits per heavy atom. The summed E-state index contributed by atoms with van der Waals surface area (Å²) in [5.41, 5.74) is 1.18. The predicted octanol–water partition coefficient (Wildman–Crippen LogP) is 3.44. The Bertz CT molecular complexity index is 621. The van der Waals surface area contributed by atoms with Crippen LogP contribution in [0.4, 0.5) is 11.8 Å². The fraction of sp³-hybridized carbons (Fsp3) is 0.500. The van der Waals surface area contributed by atoms with E-state index in [1.165, 1.54) is 12.8 Å². The van der Waals surface area contributed by atoms with Gasteiger partial charge in [0, 0.05) is 24.0 Å². The van der Waals surface area contributed by atoms with Crippen LogP contribution in [0.1, 0.15) is 33.6 Å². The molecule has 1 aromatic carbocycles. The first-order valence-electron chi connectivity index (χ1n) is 7.40. The number of rotatable bonds is 3. The fourth-order valence-corrected chi connectivity index (χ4v) is 3.00. The van der Waals surface area contributed by atoms with Crippen molar-refractivity contribution in [3.8, 4) is 0 Å². The number of benzene rings is 1. The molecule has 0 unspecified atom stereocenters. The molecule has 0 amide bonds. The molecular weight excluding hydrogens is 248 g/mol. The molecule has 4 heteroatoms. The van der Waals surface area contributed by atoms with Gasteiger partial charge in [0.25, 0.3) is 0 Å². The molecule has 0 radical (unpaired) electrons. The fourth-order valence-electron chi connectivity index (χ4n) is 3.00. The molecule has 20 heavy (non-hydrogen) atoms. The van der Waals surface area contributed by atoms with E-state index in [-0.39, 0.29) is 5.54 Å². The van der Waals surface area contributed by atoms with Gasteiger partial charge in [-0.3, -0.25) is 0 Å². The molecule has 1 aliphatic rings. The van der Waals surface area contributed by atoms with Crippen LogP contribution in [0.3, 0.4) is 0 Å². The van der Waals surface area contributed by atoms with Crippen LogP contribution in [-0.4, -0.2) is 28.6 Å². The van der Waals surface area contributed by atoms with Crippen molar-refractivity contribution in [1.82, 2.24) is 9.97 Å². The Morgan fingerprint density at radius 3 is 2.75 bits per heavy atom. The second-order valence-electron chi connectivity index (χ2n) is 5.99. The van der Waals surface area contributed by atoms with Gasteiger partial charge in [-0.2, -0.15) is 4.98 Å². The zero-order chi connectivity index (χ0) is 14.2. The third kappa shape index (κ3) is 2.19. The molecule has 0 spiro atoms. The Labute approximate surface area is 120 Å². The minimum Gasteiger partial charge on any atom is -0.354 e. The zero-order valence-corrected chi connectivity index (χ0v) is 12.5. The lowest BCUT2D eigenvalue weighted by Crippen LogP contribution is -2.39. The Balaban J connectivity index is 2.17. The van der Waals surface area contributed by atoms with Crippen LogP contribution in [0.5, 0.6) is 0 Å². The van der Waals surface area contributed by atoms with E-state index in [1.54, 1.807) is 0 Å². The molecular formula is C16H22N4. The predicted molar refractivity (Wildman–Crippen MR) is 84.4 cm³/mol. The molecule has 1 saturated heterocycles. The number of anilines is 2. The highest BCUT2D eigenvalue weighted by Gasteiger charge is 2.34. The van der Waals surface area contributed by atoms with E-state index in [2.05, 4.69) is 54.2 Å². The van der Waals surface area contributed by atoms with Gasteiger partial charge >= 0.3 is 0 Å². The van der Waals surface area contributed by atoms with Gasteiger partial charge in [-0.05, 0) is 45.7 Å². The van der Waals surface area contributed by atoms with E-state index < -0.39 is 0 Å². The van der Waals surface area contributed by atoms with Gasteiger partial charge in [-0.1, -0.05) is 12.1 Å². The average molecular weight is 270 g/mol. The summed E-state index contributed by atoms with van der Waals surface area (Å²) in [6.45, 7) is 8.56. The monoisotopic (exact) mass is 270 g/mol. The molecule has 106 valence electrons. The summed E-state index contributed by atoms with van der Waals surface area (Å²) in [4.78, 5) is 11.8. The molecule has 1 aromatic heterocycles. The SMILES string of the molecule is CCNc1nc(N2CCCC2(C)C)c2ccccc2n1. The van der Waals surface area contributed by atoms with E-state index in [1.807, 2.05) is 6.07 Å². The van der Waals surface area contributed by atoms with E-state index in [0.29, 0.717) is 0 Å². The highest BCUT2D eigenvalue weighted by Crippen LogP contribution is 2.36. The molecule has 0 atom stereocenters. The molecule has 1 aliphatic heterocycles. The van der Waals surface area contributed by atoms with Crippen molar-refractivity contribution < 1.29 is 0 Å². The third-order valence-corrected chi connectivity index (χ3v) is 4.07. The Morgan fingerprint density at radius 1 is 1.25 bits per heavy atom. The lowest BCUT2D eigenvalue weighted by molar-refractivity contribution is 0.515. The summed E-state index contributed by atoms with van der Waals surface area (Å²) >= 11 is 0. The van der Waals surface area contributed by atoms with Crippen molar-refractivity contribution in [2.45, 2.75) is 39.2 Å². The van der Waals surface area contributed by atoms with Crippen LogP contribution in [0.25, 0.3) is 10.9 Å². The van der Waals surface area contributed by atoms with Crippen LogP contribution in [0, 0.1) is 0 Å². The van der Waals surface area contributed by atoms with Crippen LogP contribution in [-0.2, 0) is 0 Å². The first kappa shape index (κ1) is 13.2. The summed E-state index contributed by atoms with van der Waals surface area (Å²) in [5, 5.41) is 4.38. The molecule has 3 rings (SSSR count). The molecule has 1 fully saturated rings. The highest BCUT2D eigenvalue weighted by molar-refractivity contribution is 5.91. The summed E-state index contributed by atoms with van der Waals surface area (Å²) in [7, 11) is 0. The summed E-state index contributed by atoms with van der Waals surface area (Å²) in [6, 6.07) is 8.27. The zero-order valence-electron chi connectivity index (χ0n) is 12.5. The molecule has 0 saturated carbocycles. The van der Waals surface area contributed by atoms with Gasteiger partial charge in [0.05, 0.1) is 5.52 Å². The molecule has 0 bridgehead atoms. The summed E-state index contributed by atoms with van der Waals surface area (Å²) in [6.07, 6.45) is 2.43. The van der Waals surface area contributed by atoms with Crippen LogP contribution >= 0.6 is 0 Å². The van der Waals surface area contributed by atoms with E-state index in [9.17, 15) is 0 Å². The minimum absolute atomic E-state index is 0.167. The Hall–Kier alpha value is -1.84. The third-order valence-electron chi connectivity index (χ3n) is 4.07. The second-order valence-corrected chi connectivity index (χ2v) is 5.99. The average Bonchev–Trinajstić information content (AvgIpc) is 2.78. The number of hydrogen-bond acceptors (Lipinski definition) is 4. The van der Waals surface area contributed by atoms with Gasteiger partial charge < -0.3 is 10.2 Å². The van der Waals surface area contributed by atoms with E-state index in [4.69, 9.17) is 4.98 Å². The number of para-hydroxylation sites is 1. The summed E-state index contributed by atoms with van der Waals surface area (Å²) < 4.78 is 0. The van der Waals surface area contributed by atoms with Gasteiger partial charge in [0.1, 0.15) is 5.82 Å². The molecule has 0 aliphatic carbocycles. The maximum absolute atomic E-state index is 4.77. The van der Waals surface area contributed by atoms with Crippen LogP contribution in [0.15, 0.2) is 24.3 Å². The largest absolute Gasteiger partial charge is 0.354 e. The van der Waals surface area contributed by atoms with Gasteiger partial charge in [-0.25, -0.2) is 4.98 Å². The standard InChI is InChI=1S/C16H22N4/c1-4-17-15-18-13-9-6-5-8-12(13)14(19-15)20-11-7-10-16(20,2)3/h5-6,8-9H,4,7,10-11H2,1-3H3,(H,17,18,19). The first-order valence-corrected chi connectivity index (χ1v) is 7.40. The van der Waals surface area contributed by atoms with E-state index >= 15 is 0 Å². The minimum atomic E-state index is 0.167. The number of hydrogen-bond donors (Lipinski definition) is 1. The number of fused-ring (bicyclic) bond motifs is 1. The lowest BCUT2D eigenvalue weighted by atomic mass is 10.0. The topological polar surface area (TPSA) is 41.1 Å². The van der Waals surface area contributed by atoms with Gasteiger partial charge in [0.2, 0.25) is 5.95 Å². The van der Waals surface area contributed by atoms with Crippen molar-refractivity contribution in [3.05, 3.63) is 24.3 Å². The highest BCUT2D eigenvalue weighted by atomic mass is 15.3. The number of nitrogens with one attached hydrogen (secondary N) is 1. The second kappa shape index (κ2) is 4.93. The quantitative estimate of drug-likeness (QED) is 0.927. The van der Waals surface area contributed by atoms with Crippen molar-refractivity contribution in [2.75, 3.05) is 23.3 Å². The summed E-state index contributed by atoms with van der Waals surface area (Å²) in [5.74, 6) is 1.79.